The van der Waals surface area contributed by atoms with Gasteiger partial charge in [0.15, 0.2) is 0 Å². The van der Waals surface area contributed by atoms with Gasteiger partial charge in [-0.15, -0.1) is 4.52 Å². The Morgan fingerprint density at radius 2 is 1.43 bits per heavy atom. The zero-order valence-electron chi connectivity index (χ0n) is 9.01. The summed E-state index contributed by atoms with van der Waals surface area (Å²) in [6.07, 6.45) is 10.4. The third kappa shape index (κ3) is 15.1. The van der Waals surface area contributed by atoms with Crippen LogP contribution in [0.15, 0.2) is 0 Å². The van der Waals surface area contributed by atoms with E-state index in [-0.39, 0.29) is 16.8 Å². The first kappa shape index (κ1) is 17.0. The van der Waals surface area contributed by atoms with Gasteiger partial charge in [0.1, 0.15) is 6.61 Å². The maximum absolute atomic E-state index is 9.94. The SMILES string of the molecule is CCCCCCCCCCO[PH+]=O.[Co+3]. The molecular weight excluding hydrogens is 242 g/mol. The van der Waals surface area contributed by atoms with E-state index in [2.05, 4.69) is 6.92 Å². The van der Waals surface area contributed by atoms with Crippen molar-refractivity contribution < 1.29 is 25.9 Å². The van der Waals surface area contributed by atoms with E-state index in [1.165, 1.54) is 44.9 Å². The zero-order valence-corrected chi connectivity index (χ0v) is 11.1. The first-order chi connectivity index (χ1) is 6.41. The van der Waals surface area contributed by atoms with Gasteiger partial charge in [0.2, 0.25) is 0 Å². The average molecular weight is 264 g/mol. The minimum atomic E-state index is -0.580. The van der Waals surface area contributed by atoms with Gasteiger partial charge >= 0.3 is 25.5 Å². The van der Waals surface area contributed by atoms with Crippen LogP contribution in [0.3, 0.4) is 0 Å². The monoisotopic (exact) mass is 264 g/mol. The molecular formula is C10H22CoO2P+4. The van der Waals surface area contributed by atoms with E-state index < -0.39 is 8.69 Å². The van der Waals surface area contributed by atoms with E-state index in [1.54, 1.807) is 0 Å². The van der Waals surface area contributed by atoms with Gasteiger partial charge in [0.05, 0.1) is 0 Å². The second-order valence-corrected chi connectivity index (χ2v) is 3.86. The van der Waals surface area contributed by atoms with Gasteiger partial charge < -0.3 is 0 Å². The summed E-state index contributed by atoms with van der Waals surface area (Å²) >= 11 is 0. The van der Waals surface area contributed by atoms with E-state index >= 15 is 0 Å². The van der Waals surface area contributed by atoms with Crippen molar-refractivity contribution >= 4 is 8.69 Å². The molecule has 0 aromatic rings. The number of unbranched alkanes of at least 4 members (excludes halogenated alkanes) is 7. The minimum Gasteiger partial charge on any atom is -0.148 e. The van der Waals surface area contributed by atoms with Crippen molar-refractivity contribution in [2.24, 2.45) is 0 Å². The minimum absolute atomic E-state index is 0. The molecule has 2 nitrogen and oxygen atoms in total. The Morgan fingerprint density at radius 1 is 0.929 bits per heavy atom. The van der Waals surface area contributed by atoms with Crippen LogP contribution in [0.2, 0.25) is 0 Å². The Balaban J connectivity index is 0. The molecule has 0 fully saturated rings. The van der Waals surface area contributed by atoms with Crippen molar-refractivity contribution in [3.63, 3.8) is 0 Å². The molecule has 0 aliphatic carbocycles. The number of hydrogen-bond acceptors (Lipinski definition) is 2. The average Bonchev–Trinajstić information content (AvgIpc) is 2.16. The fraction of sp³-hybridized carbons (Fsp3) is 1.00. The third-order valence-corrected chi connectivity index (χ3v) is 2.48. The van der Waals surface area contributed by atoms with E-state index in [0.29, 0.717) is 6.61 Å². The summed E-state index contributed by atoms with van der Waals surface area (Å²) in [6.45, 7) is 2.90. The Labute approximate surface area is 99.7 Å². The van der Waals surface area contributed by atoms with Crippen LogP contribution in [0.1, 0.15) is 58.3 Å². The molecule has 0 radical (unpaired) electrons. The quantitative estimate of drug-likeness (QED) is 0.439. The summed E-state index contributed by atoms with van der Waals surface area (Å²) in [4.78, 5) is 0. The third-order valence-electron chi connectivity index (χ3n) is 2.16. The van der Waals surface area contributed by atoms with Gasteiger partial charge in [0.25, 0.3) is 0 Å². The maximum atomic E-state index is 9.94. The van der Waals surface area contributed by atoms with Crippen LogP contribution < -0.4 is 0 Å². The molecule has 0 aliphatic rings. The number of rotatable bonds is 10. The van der Waals surface area contributed by atoms with E-state index in [1.807, 2.05) is 0 Å². The predicted octanol–water partition coefficient (Wildman–Crippen LogP) is 4.08. The van der Waals surface area contributed by atoms with Crippen LogP contribution in [0.4, 0.5) is 0 Å². The Hall–Kier alpha value is 0.566. The maximum Gasteiger partial charge on any atom is 3.00 e. The first-order valence-corrected chi connectivity index (χ1v) is 6.22. The number of hydrogen-bond donors (Lipinski definition) is 0. The molecule has 0 bridgehead atoms. The predicted molar refractivity (Wildman–Crippen MR) is 57.6 cm³/mol. The van der Waals surface area contributed by atoms with E-state index in [4.69, 9.17) is 4.52 Å². The van der Waals surface area contributed by atoms with Gasteiger partial charge in [-0.2, -0.15) is 0 Å². The molecule has 0 rings (SSSR count). The van der Waals surface area contributed by atoms with Crippen LogP contribution >= 0.6 is 8.69 Å². The van der Waals surface area contributed by atoms with Gasteiger partial charge in [0, 0.05) is 0 Å². The van der Waals surface area contributed by atoms with Crippen molar-refractivity contribution in [1.29, 1.82) is 0 Å². The largest absolute Gasteiger partial charge is 3.00 e. The molecule has 1 atom stereocenters. The van der Waals surface area contributed by atoms with Crippen molar-refractivity contribution in [2.45, 2.75) is 58.3 Å². The Morgan fingerprint density at radius 3 is 1.93 bits per heavy atom. The molecule has 14 heavy (non-hydrogen) atoms. The summed E-state index contributed by atoms with van der Waals surface area (Å²) in [5.74, 6) is 0. The first-order valence-electron chi connectivity index (χ1n) is 5.40. The fourth-order valence-corrected chi connectivity index (χ4v) is 1.58. The van der Waals surface area contributed by atoms with Crippen LogP contribution in [0, 0.1) is 0 Å². The molecule has 0 aliphatic heterocycles. The van der Waals surface area contributed by atoms with Crippen LogP contribution in [0.5, 0.6) is 0 Å². The zero-order chi connectivity index (χ0) is 9.78. The molecule has 0 spiro atoms. The second kappa shape index (κ2) is 16.0. The van der Waals surface area contributed by atoms with Crippen LogP contribution in [-0.2, 0) is 25.9 Å². The van der Waals surface area contributed by atoms with E-state index in [0.717, 1.165) is 6.42 Å². The summed E-state index contributed by atoms with van der Waals surface area (Å²) in [5.41, 5.74) is 0. The van der Waals surface area contributed by atoms with Crippen molar-refractivity contribution in [2.75, 3.05) is 6.61 Å². The molecule has 0 saturated carbocycles. The normalized spacial score (nSPS) is 10.1. The van der Waals surface area contributed by atoms with Gasteiger partial charge in [-0.05, 0) is 11.0 Å². The van der Waals surface area contributed by atoms with Gasteiger partial charge in [-0.1, -0.05) is 51.9 Å². The molecule has 0 saturated heterocycles. The van der Waals surface area contributed by atoms with Crippen molar-refractivity contribution in [3.8, 4) is 0 Å². The summed E-state index contributed by atoms with van der Waals surface area (Å²) in [5, 5.41) is 0. The topological polar surface area (TPSA) is 26.3 Å². The fourth-order valence-electron chi connectivity index (χ4n) is 1.35. The second-order valence-electron chi connectivity index (χ2n) is 3.41. The molecule has 0 aromatic carbocycles. The van der Waals surface area contributed by atoms with Crippen LogP contribution in [-0.4, -0.2) is 6.61 Å². The molecule has 0 aromatic heterocycles. The summed E-state index contributed by atoms with van der Waals surface area (Å²) in [7, 11) is -0.580. The van der Waals surface area contributed by atoms with Gasteiger partial charge in [-0.3, -0.25) is 0 Å². The molecule has 0 N–H and O–H groups in total. The van der Waals surface area contributed by atoms with Crippen molar-refractivity contribution in [1.82, 2.24) is 0 Å². The smallest absolute Gasteiger partial charge is 0.148 e. The summed E-state index contributed by atoms with van der Waals surface area (Å²) < 4.78 is 14.7. The molecule has 1 unspecified atom stereocenters. The summed E-state index contributed by atoms with van der Waals surface area (Å²) in [6, 6.07) is 0. The Bertz CT molecular complexity index is 112. The molecule has 0 heterocycles. The molecule has 84 valence electrons. The molecule has 4 heteroatoms. The van der Waals surface area contributed by atoms with E-state index in [9.17, 15) is 4.57 Å². The molecule has 0 amide bonds. The van der Waals surface area contributed by atoms with Crippen molar-refractivity contribution in [3.05, 3.63) is 0 Å². The Kier molecular flexibility index (Phi) is 19.4. The standard InChI is InChI=1S/C10H22O2P.Co/c1-2-3-4-5-6-7-8-9-10-12-13-11;/h13H,2-10H2,1H3;/q+1;+3. The van der Waals surface area contributed by atoms with Gasteiger partial charge in [-0.25, -0.2) is 0 Å². The van der Waals surface area contributed by atoms with Crippen LogP contribution in [0.25, 0.3) is 0 Å².